The van der Waals surface area contributed by atoms with Crippen LogP contribution in [0.4, 0.5) is 5.69 Å². The van der Waals surface area contributed by atoms with E-state index in [9.17, 15) is 0 Å². The van der Waals surface area contributed by atoms with E-state index in [2.05, 4.69) is 10.5 Å². The highest BCUT2D eigenvalue weighted by Gasteiger charge is 2.10. The Hall–Kier alpha value is -0.840. The van der Waals surface area contributed by atoms with Gasteiger partial charge >= 0.3 is 0 Å². The van der Waals surface area contributed by atoms with Gasteiger partial charge in [0.2, 0.25) is 0 Å². The van der Waals surface area contributed by atoms with Gasteiger partial charge in [0.05, 0.1) is 20.8 Å². The Kier molecular flexibility index (Phi) is 5.18. The minimum atomic E-state index is -0.0550. The van der Waals surface area contributed by atoms with Crippen molar-refractivity contribution in [2.75, 3.05) is 5.32 Å². The topological polar surface area (TPSA) is 70.6 Å². The number of benzene rings is 1. The first-order valence-electron chi connectivity index (χ1n) is 4.81. The minimum absolute atomic E-state index is 0.0550. The molecule has 1 atom stereocenters. The summed E-state index contributed by atoms with van der Waals surface area (Å²) in [6.45, 7) is 1.87. The minimum Gasteiger partial charge on any atom is -0.409 e. The second-order valence-corrected chi connectivity index (χ2v) is 4.81. The molecule has 0 amide bonds. The molecule has 0 saturated heterocycles. The van der Waals surface area contributed by atoms with Gasteiger partial charge < -0.3 is 16.3 Å². The van der Waals surface area contributed by atoms with Crippen LogP contribution in [-0.2, 0) is 0 Å². The number of nitrogens with one attached hydrogen (secondary N) is 1. The van der Waals surface area contributed by atoms with Crippen molar-refractivity contribution < 1.29 is 5.21 Å². The molecule has 0 aromatic heterocycles. The molecule has 0 saturated carbocycles. The Morgan fingerprint density at radius 3 is 2.53 bits per heavy atom. The van der Waals surface area contributed by atoms with Crippen LogP contribution < -0.4 is 11.1 Å². The predicted octanol–water partition coefficient (Wildman–Crippen LogP) is 3.58. The van der Waals surface area contributed by atoms with Crippen LogP contribution >= 0.6 is 34.8 Å². The fourth-order valence-corrected chi connectivity index (χ4v) is 1.91. The van der Waals surface area contributed by atoms with Gasteiger partial charge in [-0.15, -0.1) is 0 Å². The summed E-state index contributed by atoms with van der Waals surface area (Å²) in [6.07, 6.45) is 0.382. The maximum absolute atomic E-state index is 8.46. The molecule has 1 rings (SSSR count). The molecule has 0 heterocycles. The summed E-state index contributed by atoms with van der Waals surface area (Å²) in [6, 6.07) is 3.14. The molecule has 4 N–H and O–H groups in total. The van der Waals surface area contributed by atoms with E-state index in [0.29, 0.717) is 27.2 Å². The van der Waals surface area contributed by atoms with Crippen molar-refractivity contribution in [1.29, 1.82) is 0 Å². The van der Waals surface area contributed by atoms with E-state index < -0.39 is 0 Å². The summed E-state index contributed by atoms with van der Waals surface area (Å²) in [4.78, 5) is 0. The van der Waals surface area contributed by atoms with Gasteiger partial charge in [-0.05, 0) is 19.1 Å². The van der Waals surface area contributed by atoms with Gasteiger partial charge in [-0.1, -0.05) is 40.0 Å². The summed E-state index contributed by atoms with van der Waals surface area (Å²) in [5.41, 5.74) is 6.05. The monoisotopic (exact) mass is 295 g/mol. The molecule has 94 valence electrons. The lowest BCUT2D eigenvalue weighted by atomic mass is 10.2. The smallest absolute Gasteiger partial charge is 0.141 e. The molecular weight excluding hydrogens is 284 g/mol. The van der Waals surface area contributed by atoms with Gasteiger partial charge in [0.15, 0.2) is 0 Å². The largest absolute Gasteiger partial charge is 0.409 e. The van der Waals surface area contributed by atoms with Crippen LogP contribution in [0.25, 0.3) is 0 Å². The normalized spacial score (nSPS) is 13.5. The SMILES string of the molecule is CC(CC(N)=NO)Nc1cc(Cl)c(Cl)cc1Cl. The van der Waals surface area contributed by atoms with E-state index in [1.807, 2.05) is 6.92 Å². The number of amidine groups is 1. The molecule has 17 heavy (non-hydrogen) atoms. The second kappa shape index (κ2) is 6.19. The molecule has 0 radical (unpaired) electrons. The van der Waals surface area contributed by atoms with E-state index in [4.69, 9.17) is 45.7 Å². The molecule has 0 fully saturated rings. The third-order valence-electron chi connectivity index (χ3n) is 2.06. The van der Waals surface area contributed by atoms with E-state index in [1.165, 1.54) is 0 Å². The fourth-order valence-electron chi connectivity index (χ4n) is 1.30. The summed E-state index contributed by atoms with van der Waals surface area (Å²) < 4.78 is 0. The van der Waals surface area contributed by atoms with Crippen molar-refractivity contribution in [3.05, 3.63) is 27.2 Å². The van der Waals surface area contributed by atoms with Gasteiger partial charge in [-0.2, -0.15) is 0 Å². The molecule has 0 aliphatic rings. The van der Waals surface area contributed by atoms with Crippen molar-refractivity contribution in [1.82, 2.24) is 0 Å². The Morgan fingerprint density at radius 2 is 1.94 bits per heavy atom. The number of nitrogens with zero attached hydrogens (tertiary/aromatic N) is 1. The third-order valence-corrected chi connectivity index (χ3v) is 3.09. The highest BCUT2D eigenvalue weighted by atomic mass is 35.5. The third kappa shape index (κ3) is 4.15. The van der Waals surface area contributed by atoms with Crippen LogP contribution in [0.5, 0.6) is 0 Å². The van der Waals surface area contributed by atoms with Crippen molar-refractivity contribution in [3.63, 3.8) is 0 Å². The fraction of sp³-hybridized carbons (Fsp3) is 0.300. The highest BCUT2D eigenvalue weighted by molar-refractivity contribution is 6.44. The van der Waals surface area contributed by atoms with Gasteiger partial charge in [-0.25, -0.2) is 0 Å². The number of rotatable bonds is 4. The van der Waals surface area contributed by atoms with E-state index >= 15 is 0 Å². The van der Waals surface area contributed by atoms with Crippen molar-refractivity contribution in [3.8, 4) is 0 Å². The van der Waals surface area contributed by atoms with Gasteiger partial charge in [0.25, 0.3) is 0 Å². The van der Waals surface area contributed by atoms with E-state index in [-0.39, 0.29) is 11.9 Å². The molecule has 1 unspecified atom stereocenters. The molecule has 0 spiro atoms. The lowest BCUT2D eigenvalue weighted by molar-refractivity contribution is 0.316. The standard InChI is InChI=1S/C10H12Cl3N3O/c1-5(2-10(14)16-17)15-9-4-7(12)6(11)3-8(9)13/h3-5,15,17H,2H2,1H3,(H2,14,16). The summed E-state index contributed by atoms with van der Waals surface area (Å²) in [5.74, 6) is 0.140. The zero-order chi connectivity index (χ0) is 13.0. The highest BCUT2D eigenvalue weighted by Crippen LogP contribution is 2.32. The van der Waals surface area contributed by atoms with Gasteiger partial charge in [-0.3, -0.25) is 0 Å². The first kappa shape index (κ1) is 14.2. The van der Waals surface area contributed by atoms with Crippen LogP contribution in [0.1, 0.15) is 13.3 Å². The summed E-state index contributed by atoms with van der Waals surface area (Å²) in [5, 5.41) is 15.7. The predicted molar refractivity (Wildman–Crippen MR) is 72.6 cm³/mol. The van der Waals surface area contributed by atoms with Gasteiger partial charge in [0.1, 0.15) is 5.84 Å². The zero-order valence-electron chi connectivity index (χ0n) is 9.04. The maximum Gasteiger partial charge on any atom is 0.141 e. The number of halogens is 3. The number of anilines is 1. The molecule has 4 nitrogen and oxygen atoms in total. The molecule has 1 aromatic rings. The Bertz CT molecular complexity index is 437. The molecule has 1 aromatic carbocycles. The number of nitrogens with two attached hydrogens (primary N) is 1. The van der Waals surface area contributed by atoms with Crippen molar-refractivity contribution in [2.24, 2.45) is 10.9 Å². The maximum atomic E-state index is 8.46. The molecule has 0 aliphatic heterocycles. The zero-order valence-corrected chi connectivity index (χ0v) is 11.3. The summed E-state index contributed by atoms with van der Waals surface area (Å²) in [7, 11) is 0. The lowest BCUT2D eigenvalue weighted by Crippen LogP contribution is -2.24. The van der Waals surface area contributed by atoms with Crippen LogP contribution in [0, 0.1) is 0 Å². The molecule has 7 heteroatoms. The van der Waals surface area contributed by atoms with E-state index in [1.54, 1.807) is 12.1 Å². The van der Waals surface area contributed by atoms with E-state index in [0.717, 1.165) is 0 Å². The van der Waals surface area contributed by atoms with Crippen LogP contribution in [-0.4, -0.2) is 17.1 Å². The average Bonchev–Trinajstić information content (AvgIpc) is 2.25. The number of hydrogen-bond donors (Lipinski definition) is 3. The van der Waals surface area contributed by atoms with Crippen LogP contribution in [0.15, 0.2) is 17.3 Å². The quantitative estimate of drug-likeness (QED) is 0.261. The Labute approximate surface area is 114 Å². The molecule has 0 aliphatic carbocycles. The first-order valence-corrected chi connectivity index (χ1v) is 5.95. The molecular formula is C10H12Cl3N3O. The van der Waals surface area contributed by atoms with Crippen LogP contribution in [0.2, 0.25) is 15.1 Å². The lowest BCUT2D eigenvalue weighted by Gasteiger charge is -2.16. The summed E-state index contributed by atoms with van der Waals surface area (Å²) >= 11 is 17.7. The van der Waals surface area contributed by atoms with Gasteiger partial charge in [0, 0.05) is 12.5 Å². The molecule has 0 bridgehead atoms. The van der Waals surface area contributed by atoms with Crippen molar-refractivity contribution >= 4 is 46.3 Å². The average molecular weight is 297 g/mol. The Balaban J connectivity index is 2.78. The Morgan fingerprint density at radius 1 is 1.35 bits per heavy atom. The number of oxime groups is 1. The van der Waals surface area contributed by atoms with Crippen molar-refractivity contribution in [2.45, 2.75) is 19.4 Å². The number of hydrogen-bond acceptors (Lipinski definition) is 3. The van der Waals surface area contributed by atoms with Crippen LogP contribution in [0.3, 0.4) is 0 Å². The second-order valence-electron chi connectivity index (χ2n) is 3.59. The first-order chi connectivity index (χ1) is 7.93.